The van der Waals surface area contributed by atoms with Crippen molar-refractivity contribution in [3.05, 3.63) is 0 Å². The van der Waals surface area contributed by atoms with Crippen LogP contribution in [-0.2, 0) is 0 Å². The Morgan fingerprint density at radius 2 is 1.74 bits per heavy atom. The maximum atomic E-state index is 12.3. The lowest BCUT2D eigenvalue weighted by atomic mass is 9.79. The number of carbonyl (C=O) groups is 1. The number of fused-ring (bicyclic) bond motifs is 1. The first-order valence-electron chi connectivity index (χ1n) is 8.09. The Balaban J connectivity index is 1.48. The zero-order chi connectivity index (χ0) is 13.1. The number of hydrogen-bond donors (Lipinski definition) is 2. The van der Waals surface area contributed by atoms with Gasteiger partial charge < -0.3 is 15.5 Å². The van der Waals surface area contributed by atoms with Gasteiger partial charge in [-0.05, 0) is 57.0 Å². The highest BCUT2D eigenvalue weighted by Gasteiger charge is 2.34. The lowest BCUT2D eigenvalue weighted by molar-refractivity contribution is 0.182. The van der Waals surface area contributed by atoms with E-state index in [-0.39, 0.29) is 6.03 Å². The van der Waals surface area contributed by atoms with Gasteiger partial charge in [0.1, 0.15) is 0 Å². The summed E-state index contributed by atoms with van der Waals surface area (Å²) in [5.41, 5.74) is 0. The van der Waals surface area contributed by atoms with Crippen LogP contribution >= 0.6 is 0 Å². The number of carbonyl (C=O) groups excluding carboxylic acids is 1. The average Bonchev–Trinajstić information content (AvgIpc) is 2.71. The predicted octanol–water partition coefficient (Wildman–Crippen LogP) is 1.96. The summed E-state index contributed by atoms with van der Waals surface area (Å²) in [6.07, 6.45) is 8.53. The Bertz CT molecular complexity index is 313. The van der Waals surface area contributed by atoms with Crippen molar-refractivity contribution < 1.29 is 4.79 Å². The Hall–Kier alpha value is -0.770. The van der Waals surface area contributed by atoms with Crippen LogP contribution in [0.25, 0.3) is 0 Å². The number of amides is 2. The molecule has 3 atom stereocenters. The molecule has 0 aromatic rings. The third-order valence-electron chi connectivity index (χ3n) is 5.17. The summed E-state index contributed by atoms with van der Waals surface area (Å²) >= 11 is 0. The van der Waals surface area contributed by atoms with Crippen molar-refractivity contribution in [2.45, 2.75) is 51.0 Å². The molecule has 2 N–H and O–H groups in total. The Kier molecular flexibility index (Phi) is 4.26. The Morgan fingerprint density at radius 3 is 2.53 bits per heavy atom. The fraction of sp³-hybridized carbons (Fsp3) is 0.933. The van der Waals surface area contributed by atoms with Crippen molar-refractivity contribution in [3.63, 3.8) is 0 Å². The van der Waals surface area contributed by atoms with Crippen molar-refractivity contribution in [2.75, 3.05) is 26.2 Å². The number of urea groups is 1. The molecule has 2 saturated heterocycles. The van der Waals surface area contributed by atoms with E-state index in [0.29, 0.717) is 6.04 Å². The molecule has 0 bridgehead atoms. The van der Waals surface area contributed by atoms with E-state index in [9.17, 15) is 4.79 Å². The summed E-state index contributed by atoms with van der Waals surface area (Å²) in [5.74, 6) is 1.66. The largest absolute Gasteiger partial charge is 0.335 e. The second-order valence-corrected chi connectivity index (χ2v) is 6.54. The second kappa shape index (κ2) is 6.12. The third kappa shape index (κ3) is 3.22. The first-order valence-corrected chi connectivity index (χ1v) is 8.09. The van der Waals surface area contributed by atoms with Crippen molar-refractivity contribution in [1.29, 1.82) is 0 Å². The van der Waals surface area contributed by atoms with Gasteiger partial charge in [0.15, 0.2) is 0 Å². The second-order valence-electron chi connectivity index (χ2n) is 6.54. The van der Waals surface area contributed by atoms with Gasteiger partial charge in [-0.2, -0.15) is 0 Å². The average molecular weight is 265 g/mol. The SMILES string of the molecule is O=C(NC1CC[C@H]2CNC[C@H]2C1)N1CCCCCC1. The fourth-order valence-electron chi connectivity index (χ4n) is 3.97. The summed E-state index contributed by atoms with van der Waals surface area (Å²) in [6, 6.07) is 0.605. The van der Waals surface area contributed by atoms with Gasteiger partial charge in [-0.3, -0.25) is 0 Å². The molecule has 4 nitrogen and oxygen atoms in total. The number of hydrogen-bond acceptors (Lipinski definition) is 2. The summed E-state index contributed by atoms with van der Waals surface area (Å²) in [6.45, 7) is 4.25. The molecule has 3 aliphatic rings. The molecule has 0 aromatic heterocycles. The molecule has 0 aromatic carbocycles. The monoisotopic (exact) mass is 265 g/mol. The minimum atomic E-state index is 0.191. The summed E-state index contributed by atoms with van der Waals surface area (Å²) in [7, 11) is 0. The number of nitrogens with one attached hydrogen (secondary N) is 2. The van der Waals surface area contributed by atoms with Crippen LogP contribution < -0.4 is 10.6 Å². The highest BCUT2D eigenvalue weighted by molar-refractivity contribution is 5.74. The maximum absolute atomic E-state index is 12.3. The fourth-order valence-corrected chi connectivity index (χ4v) is 3.97. The molecule has 3 fully saturated rings. The van der Waals surface area contributed by atoms with Gasteiger partial charge in [-0.15, -0.1) is 0 Å². The number of rotatable bonds is 1. The van der Waals surface area contributed by atoms with Crippen LogP contribution in [0.4, 0.5) is 4.79 Å². The molecule has 1 unspecified atom stereocenters. The van der Waals surface area contributed by atoms with Crippen LogP contribution in [0.1, 0.15) is 44.9 Å². The highest BCUT2D eigenvalue weighted by Crippen LogP contribution is 2.32. The van der Waals surface area contributed by atoms with E-state index in [0.717, 1.165) is 31.5 Å². The van der Waals surface area contributed by atoms with E-state index in [1.807, 2.05) is 4.90 Å². The van der Waals surface area contributed by atoms with E-state index < -0.39 is 0 Å². The zero-order valence-corrected chi connectivity index (χ0v) is 11.9. The minimum Gasteiger partial charge on any atom is -0.335 e. The van der Waals surface area contributed by atoms with Gasteiger partial charge in [0.25, 0.3) is 0 Å². The molecule has 2 aliphatic heterocycles. The van der Waals surface area contributed by atoms with Crippen molar-refractivity contribution in [1.82, 2.24) is 15.5 Å². The molecular weight excluding hydrogens is 238 g/mol. The van der Waals surface area contributed by atoms with Crippen LogP contribution in [0.3, 0.4) is 0 Å². The predicted molar refractivity (Wildman–Crippen MR) is 76.1 cm³/mol. The van der Waals surface area contributed by atoms with Gasteiger partial charge in [0, 0.05) is 19.1 Å². The molecular formula is C15H27N3O. The standard InChI is InChI=1S/C15H27N3O/c19-15(18-7-3-1-2-4-8-18)17-14-6-5-12-10-16-11-13(12)9-14/h12-14,16H,1-11H2,(H,17,19)/t12-,13+,14?/m0/s1. The smallest absolute Gasteiger partial charge is 0.317 e. The molecule has 3 rings (SSSR count). The Morgan fingerprint density at radius 1 is 1.00 bits per heavy atom. The third-order valence-corrected chi connectivity index (χ3v) is 5.17. The van der Waals surface area contributed by atoms with E-state index in [1.165, 1.54) is 51.5 Å². The molecule has 4 heteroatoms. The van der Waals surface area contributed by atoms with Gasteiger partial charge in [-0.25, -0.2) is 4.79 Å². The molecule has 1 aliphatic carbocycles. The summed E-state index contributed by atoms with van der Waals surface area (Å²) < 4.78 is 0. The number of likely N-dealkylation sites (tertiary alicyclic amines) is 1. The molecule has 2 amide bonds. The van der Waals surface area contributed by atoms with E-state index in [4.69, 9.17) is 0 Å². The van der Waals surface area contributed by atoms with Crippen LogP contribution in [0.2, 0.25) is 0 Å². The topological polar surface area (TPSA) is 44.4 Å². The lowest BCUT2D eigenvalue weighted by Gasteiger charge is -2.33. The highest BCUT2D eigenvalue weighted by atomic mass is 16.2. The quantitative estimate of drug-likeness (QED) is 0.761. The molecule has 1 saturated carbocycles. The first kappa shape index (κ1) is 13.2. The van der Waals surface area contributed by atoms with Crippen LogP contribution in [-0.4, -0.2) is 43.2 Å². The molecule has 19 heavy (non-hydrogen) atoms. The van der Waals surface area contributed by atoms with Crippen molar-refractivity contribution >= 4 is 6.03 Å². The van der Waals surface area contributed by atoms with Crippen LogP contribution in [0.5, 0.6) is 0 Å². The van der Waals surface area contributed by atoms with Crippen molar-refractivity contribution in [2.24, 2.45) is 11.8 Å². The van der Waals surface area contributed by atoms with Crippen molar-refractivity contribution in [3.8, 4) is 0 Å². The van der Waals surface area contributed by atoms with Gasteiger partial charge >= 0.3 is 6.03 Å². The number of nitrogens with zero attached hydrogens (tertiary/aromatic N) is 1. The zero-order valence-electron chi connectivity index (χ0n) is 11.9. The lowest BCUT2D eigenvalue weighted by Crippen LogP contribution is -2.47. The normalized spacial score (nSPS) is 35.6. The first-order chi connectivity index (χ1) is 9.33. The van der Waals surface area contributed by atoms with E-state index in [1.54, 1.807) is 0 Å². The molecule has 0 spiro atoms. The van der Waals surface area contributed by atoms with Crippen LogP contribution in [0.15, 0.2) is 0 Å². The van der Waals surface area contributed by atoms with E-state index in [2.05, 4.69) is 10.6 Å². The molecule has 2 heterocycles. The van der Waals surface area contributed by atoms with Gasteiger partial charge in [0.05, 0.1) is 0 Å². The van der Waals surface area contributed by atoms with Crippen LogP contribution in [0, 0.1) is 11.8 Å². The van der Waals surface area contributed by atoms with Gasteiger partial charge in [0.2, 0.25) is 0 Å². The minimum absolute atomic E-state index is 0.191. The maximum Gasteiger partial charge on any atom is 0.317 e. The summed E-state index contributed by atoms with van der Waals surface area (Å²) in [4.78, 5) is 14.3. The Labute approximate surface area is 116 Å². The van der Waals surface area contributed by atoms with Gasteiger partial charge in [-0.1, -0.05) is 12.8 Å². The van der Waals surface area contributed by atoms with E-state index >= 15 is 0 Å². The summed E-state index contributed by atoms with van der Waals surface area (Å²) in [5, 5.41) is 6.77. The molecule has 108 valence electrons. The molecule has 0 radical (unpaired) electrons.